The minimum absolute atomic E-state index is 0.668. The van der Waals surface area contributed by atoms with Crippen molar-refractivity contribution >= 4 is 10.8 Å². The Kier molecular flexibility index (Phi) is 6.29. The van der Waals surface area contributed by atoms with Crippen molar-refractivity contribution in [3.8, 4) is 0 Å². The molecule has 0 heteroatoms. The van der Waals surface area contributed by atoms with Crippen LogP contribution in [0.15, 0.2) is 36.4 Å². The van der Waals surface area contributed by atoms with Gasteiger partial charge in [0.2, 0.25) is 0 Å². The zero-order valence-electron chi connectivity index (χ0n) is 14.0. The zero-order valence-corrected chi connectivity index (χ0v) is 14.0. The van der Waals surface area contributed by atoms with Crippen LogP contribution in [0.5, 0.6) is 0 Å². The van der Waals surface area contributed by atoms with Gasteiger partial charge in [0, 0.05) is 0 Å². The van der Waals surface area contributed by atoms with E-state index >= 15 is 0 Å². The van der Waals surface area contributed by atoms with Gasteiger partial charge in [0.15, 0.2) is 0 Å². The molecule has 0 saturated carbocycles. The summed E-state index contributed by atoms with van der Waals surface area (Å²) in [4.78, 5) is 0. The van der Waals surface area contributed by atoms with Crippen LogP contribution in [0.25, 0.3) is 10.8 Å². The molecule has 0 spiro atoms. The predicted molar refractivity (Wildman–Crippen MR) is 95.1 cm³/mol. The lowest BCUT2D eigenvalue weighted by Gasteiger charge is -2.15. The van der Waals surface area contributed by atoms with Gasteiger partial charge in [0.1, 0.15) is 0 Å². The molecular formula is C21H30. The highest BCUT2D eigenvalue weighted by molar-refractivity contribution is 5.86. The van der Waals surface area contributed by atoms with E-state index in [9.17, 15) is 0 Å². The molecule has 0 nitrogen and oxygen atoms in total. The van der Waals surface area contributed by atoms with Gasteiger partial charge in [-0.15, -0.1) is 0 Å². The first-order valence-electron chi connectivity index (χ1n) is 8.71. The van der Waals surface area contributed by atoms with Crippen molar-refractivity contribution in [3.05, 3.63) is 47.5 Å². The fraction of sp³-hybridized carbons (Fsp3) is 0.524. The molecule has 21 heavy (non-hydrogen) atoms. The number of benzene rings is 2. The lowest BCUT2D eigenvalue weighted by atomic mass is 9.90. The fourth-order valence-electron chi connectivity index (χ4n) is 3.23. The van der Waals surface area contributed by atoms with Gasteiger partial charge in [-0.25, -0.2) is 0 Å². The Labute approximate surface area is 130 Å². The van der Waals surface area contributed by atoms with Gasteiger partial charge in [0.25, 0.3) is 0 Å². The van der Waals surface area contributed by atoms with Crippen LogP contribution < -0.4 is 0 Å². The Morgan fingerprint density at radius 1 is 0.905 bits per heavy atom. The van der Waals surface area contributed by atoms with Gasteiger partial charge in [-0.2, -0.15) is 0 Å². The van der Waals surface area contributed by atoms with Crippen LogP contribution in [0.3, 0.4) is 0 Å². The van der Waals surface area contributed by atoms with E-state index < -0.39 is 0 Å². The van der Waals surface area contributed by atoms with Crippen LogP contribution in [0, 0.1) is 6.92 Å². The summed E-state index contributed by atoms with van der Waals surface area (Å²) in [6, 6.07) is 13.6. The first-order chi connectivity index (χ1) is 10.2. The topological polar surface area (TPSA) is 0 Å². The number of unbranched alkanes of at least 4 members (excludes halogenated alkanes) is 5. The summed E-state index contributed by atoms with van der Waals surface area (Å²) in [5.74, 6) is 0.668. The second kappa shape index (κ2) is 8.22. The summed E-state index contributed by atoms with van der Waals surface area (Å²) < 4.78 is 0. The van der Waals surface area contributed by atoms with Crippen molar-refractivity contribution in [2.45, 2.75) is 71.6 Å². The van der Waals surface area contributed by atoms with E-state index in [4.69, 9.17) is 0 Å². The van der Waals surface area contributed by atoms with Gasteiger partial charge in [0.05, 0.1) is 0 Å². The Hall–Kier alpha value is -1.30. The number of hydrogen-bond donors (Lipinski definition) is 0. The van der Waals surface area contributed by atoms with E-state index in [0.29, 0.717) is 5.92 Å². The molecule has 0 amide bonds. The van der Waals surface area contributed by atoms with Crippen LogP contribution >= 0.6 is 0 Å². The third-order valence-corrected chi connectivity index (χ3v) is 4.59. The minimum Gasteiger partial charge on any atom is -0.0654 e. The molecule has 2 aromatic rings. The highest BCUT2D eigenvalue weighted by Crippen LogP contribution is 2.29. The van der Waals surface area contributed by atoms with Crippen LogP contribution in [0.1, 0.15) is 75.8 Å². The van der Waals surface area contributed by atoms with E-state index in [1.807, 2.05) is 0 Å². The molecule has 0 aromatic heterocycles. The highest BCUT2D eigenvalue weighted by atomic mass is 14.1. The molecule has 0 bridgehead atoms. The lowest BCUT2D eigenvalue weighted by Crippen LogP contribution is -1.95. The molecule has 0 radical (unpaired) electrons. The third kappa shape index (κ3) is 4.59. The molecule has 0 saturated heterocycles. The molecule has 1 unspecified atom stereocenters. The van der Waals surface area contributed by atoms with Crippen molar-refractivity contribution < 1.29 is 0 Å². The zero-order chi connectivity index (χ0) is 15.1. The number of hydrogen-bond acceptors (Lipinski definition) is 0. The Balaban J connectivity index is 1.96. The highest BCUT2D eigenvalue weighted by Gasteiger charge is 2.09. The normalized spacial score (nSPS) is 12.7. The summed E-state index contributed by atoms with van der Waals surface area (Å²) in [5, 5.41) is 2.84. The van der Waals surface area contributed by atoms with Crippen molar-refractivity contribution in [3.63, 3.8) is 0 Å². The fourth-order valence-corrected chi connectivity index (χ4v) is 3.23. The van der Waals surface area contributed by atoms with E-state index in [1.54, 1.807) is 0 Å². The maximum atomic E-state index is 2.39. The van der Waals surface area contributed by atoms with E-state index in [-0.39, 0.29) is 0 Å². The molecule has 0 aliphatic heterocycles. The van der Waals surface area contributed by atoms with E-state index in [0.717, 1.165) is 0 Å². The van der Waals surface area contributed by atoms with Gasteiger partial charge in [-0.05, 0) is 35.6 Å². The summed E-state index contributed by atoms with van der Waals surface area (Å²) in [5.41, 5.74) is 2.89. The average Bonchev–Trinajstić information content (AvgIpc) is 2.50. The molecule has 0 aliphatic carbocycles. The smallest absolute Gasteiger partial charge is 0.0147 e. The monoisotopic (exact) mass is 282 g/mol. The van der Waals surface area contributed by atoms with Crippen LogP contribution in [-0.4, -0.2) is 0 Å². The van der Waals surface area contributed by atoms with Gasteiger partial charge in [-0.3, -0.25) is 0 Å². The predicted octanol–water partition coefficient (Wildman–Crippen LogP) is 7.00. The SMILES string of the molecule is CCCCCCCCC(C)c1cccc2ccc(C)cc12. The summed E-state index contributed by atoms with van der Waals surface area (Å²) >= 11 is 0. The average molecular weight is 282 g/mol. The summed E-state index contributed by atoms with van der Waals surface area (Å²) in [6.45, 7) is 6.86. The lowest BCUT2D eigenvalue weighted by molar-refractivity contribution is 0.558. The first kappa shape index (κ1) is 16.1. The first-order valence-corrected chi connectivity index (χ1v) is 8.71. The molecular weight excluding hydrogens is 252 g/mol. The Morgan fingerprint density at radius 2 is 1.67 bits per heavy atom. The van der Waals surface area contributed by atoms with Gasteiger partial charge < -0.3 is 0 Å². The largest absolute Gasteiger partial charge is 0.0654 e. The van der Waals surface area contributed by atoms with E-state index in [2.05, 4.69) is 57.2 Å². The van der Waals surface area contributed by atoms with Crippen molar-refractivity contribution in [2.24, 2.45) is 0 Å². The summed E-state index contributed by atoms with van der Waals surface area (Å²) in [7, 11) is 0. The Bertz CT molecular complexity index is 553. The second-order valence-corrected chi connectivity index (χ2v) is 6.53. The molecule has 0 N–H and O–H groups in total. The molecule has 0 fully saturated rings. The molecule has 114 valence electrons. The van der Waals surface area contributed by atoms with Crippen molar-refractivity contribution in [2.75, 3.05) is 0 Å². The van der Waals surface area contributed by atoms with Crippen LogP contribution in [-0.2, 0) is 0 Å². The standard InChI is InChI=1S/C21H30/c1-4-5-6-7-8-9-11-18(3)20-13-10-12-19-15-14-17(2)16-21(19)20/h10,12-16,18H,4-9,11H2,1-3H3. The number of aryl methyl sites for hydroxylation is 1. The minimum atomic E-state index is 0.668. The number of rotatable bonds is 8. The molecule has 0 heterocycles. The maximum Gasteiger partial charge on any atom is -0.0147 e. The second-order valence-electron chi connectivity index (χ2n) is 6.53. The van der Waals surface area contributed by atoms with E-state index in [1.165, 1.54) is 66.8 Å². The molecule has 2 aromatic carbocycles. The van der Waals surface area contributed by atoms with Gasteiger partial charge in [-0.1, -0.05) is 94.3 Å². The van der Waals surface area contributed by atoms with Crippen molar-refractivity contribution in [1.29, 1.82) is 0 Å². The summed E-state index contributed by atoms with van der Waals surface area (Å²) in [6.07, 6.45) is 9.65. The van der Waals surface area contributed by atoms with Crippen LogP contribution in [0.4, 0.5) is 0 Å². The quantitative estimate of drug-likeness (QED) is 0.457. The molecule has 0 aliphatic rings. The van der Waals surface area contributed by atoms with Crippen LogP contribution in [0.2, 0.25) is 0 Å². The third-order valence-electron chi connectivity index (χ3n) is 4.59. The maximum absolute atomic E-state index is 2.39. The van der Waals surface area contributed by atoms with Gasteiger partial charge >= 0.3 is 0 Å². The molecule has 2 rings (SSSR count). The molecule has 1 atom stereocenters. The number of fused-ring (bicyclic) bond motifs is 1. The van der Waals surface area contributed by atoms with Crippen molar-refractivity contribution in [1.82, 2.24) is 0 Å². The Morgan fingerprint density at radius 3 is 2.48 bits per heavy atom.